The zero-order valence-electron chi connectivity index (χ0n) is 8.36. The number of halogens is 2. The van der Waals surface area contributed by atoms with Crippen LogP contribution in [0.3, 0.4) is 0 Å². The van der Waals surface area contributed by atoms with E-state index in [1.165, 1.54) is 0 Å². The molecule has 0 aliphatic carbocycles. The van der Waals surface area contributed by atoms with E-state index in [4.69, 9.17) is 0 Å². The summed E-state index contributed by atoms with van der Waals surface area (Å²) in [6, 6.07) is 8.81. The zero-order chi connectivity index (χ0) is 11.5. The lowest BCUT2D eigenvalue weighted by atomic mass is 10.1. The standard InChI is InChI=1S/C12H10BrFOS/c13-10-5-1-4-9(12(10)14)11(15)7-8-3-2-6-16-8/h1-6,11,15H,7H2. The van der Waals surface area contributed by atoms with Gasteiger partial charge in [0, 0.05) is 16.9 Å². The molecule has 1 unspecified atom stereocenters. The number of hydrogen-bond acceptors (Lipinski definition) is 2. The van der Waals surface area contributed by atoms with Gasteiger partial charge >= 0.3 is 0 Å². The fourth-order valence-corrected chi connectivity index (χ4v) is 2.63. The van der Waals surface area contributed by atoms with Crippen LogP contribution in [0, 0.1) is 5.82 Å². The minimum Gasteiger partial charge on any atom is -0.388 e. The third kappa shape index (κ3) is 2.51. The summed E-state index contributed by atoms with van der Waals surface area (Å²) in [6.45, 7) is 0. The minimum absolute atomic E-state index is 0.336. The fraction of sp³-hybridized carbons (Fsp3) is 0.167. The molecule has 1 heterocycles. The third-order valence-corrected chi connectivity index (χ3v) is 3.83. The second-order valence-corrected chi connectivity index (χ2v) is 5.33. The van der Waals surface area contributed by atoms with Gasteiger partial charge in [0.25, 0.3) is 0 Å². The van der Waals surface area contributed by atoms with Gasteiger partial charge in [-0.3, -0.25) is 0 Å². The molecule has 1 atom stereocenters. The van der Waals surface area contributed by atoms with Crippen molar-refractivity contribution in [1.82, 2.24) is 0 Å². The maximum Gasteiger partial charge on any atom is 0.143 e. The largest absolute Gasteiger partial charge is 0.388 e. The quantitative estimate of drug-likeness (QED) is 0.911. The predicted octanol–water partition coefficient (Wildman–Crippen LogP) is 3.93. The number of thiophene rings is 1. The summed E-state index contributed by atoms with van der Waals surface area (Å²) in [5, 5.41) is 11.9. The van der Waals surface area contributed by atoms with E-state index in [-0.39, 0.29) is 5.82 Å². The van der Waals surface area contributed by atoms with Crippen molar-refractivity contribution in [1.29, 1.82) is 0 Å². The van der Waals surface area contributed by atoms with Gasteiger partial charge in [0.2, 0.25) is 0 Å². The van der Waals surface area contributed by atoms with E-state index in [2.05, 4.69) is 15.9 Å². The van der Waals surface area contributed by atoms with Gasteiger partial charge in [-0.25, -0.2) is 4.39 Å². The van der Waals surface area contributed by atoms with Gasteiger partial charge < -0.3 is 5.11 Å². The number of aliphatic hydroxyl groups excluding tert-OH is 1. The monoisotopic (exact) mass is 300 g/mol. The molecule has 0 saturated carbocycles. The normalized spacial score (nSPS) is 12.7. The molecular formula is C12H10BrFOS. The van der Waals surface area contributed by atoms with Crippen LogP contribution in [-0.2, 0) is 6.42 Å². The lowest BCUT2D eigenvalue weighted by Crippen LogP contribution is -2.03. The predicted molar refractivity (Wildman–Crippen MR) is 67.1 cm³/mol. The van der Waals surface area contributed by atoms with Crippen LogP contribution in [-0.4, -0.2) is 5.11 Å². The first-order chi connectivity index (χ1) is 7.68. The van der Waals surface area contributed by atoms with Crippen LogP contribution in [0.15, 0.2) is 40.2 Å². The Morgan fingerprint density at radius 2 is 2.12 bits per heavy atom. The van der Waals surface area contributed by atoms with Gasteiger partial charge in [-0.1, -0.05) is 18.2 Å². The molecule has 2 aromatic rings. The lowest BCUT2D eigenvalue weighted by Gasteiger charge is -2.11. The number of rotatable bonds is 3. The van der Waals surface area contributed by atoms with Crippen LogP contribution in [0.4, 0.5) is 4.39 Å². The van der Waals surface area contributed by atoms with Crippen LogP contribution in [0.1, 0.15) is 16.5 Å². The SMILES string of the molecule is OC(Cc1cccs1)c1cccc(Br)c1F. The van der Waals surface area contributed by atoms with Gasteiger partial charge in [0.1, 0.15) is 5.82 Å². The van der Waals surface area contributed by atoms with E-state index in [1.54, 1.807) is 29.5 Å². The van der Waals surface area contributed by atoms with Crippen molar-refractivity contribution in [3.8, 4) is 0 Å². The molecule has 84 valence electrons. The van der Waals surface area contributed by atoms with E-state index < -0.39 is 6.10 Å². The number of aliphatic hydroxyl groups is 1. The molecule has 0 bridgehead atoms. The molecule has 0 fully saturated rings. The van der Waals surface area contributed by atoms with E-state index >= 15 is 0 Å². The van der Waals surface area contributed by atoms with Gasteiger partial charge in [-0.15, -0.1) is 11.3 Å². The summed E-state index contributed by atoms with van der Waals surface area (Å²) in [6.07, 6.45) is -0.346. The van der Waals surface area contributed by atoms with Crippen LogP contribution in [0.25, 0.3) is 0 Å². The van der Waals surface area contributed by atoms with Crippen molar-refractivity contribution in [2.24, 2.45) is 0 Å². The van der Waals surface area contributed by atoms with Crippen molar-refractivity contribution in [3.05, 3.63) is 56.4 Å². The first-order valence-electron chi connectivity index (χ1n) is 4.83. The van der Waals surface area contributed by atoms with Crippen LogP contribution >= 0.6 is 27.3 Å². The molecule has 4 heteroatoms. The topological polar surface area (TPSA) is 20.2 Å². The Morgan fingerprint density at radius 3 is 2.81 bits per heavy atom. The molecule has 16 heavy (non-hydrogen) atoms. The molecule has 1 N–H and O–H groups in total. The highest BCUT2D eigenvalue weighted by Crippen LogP contribution is 2.27. The molecular weight excluding hydrogens is 291 g/mol. The number of hydrogen-bond donors (Lipinski definition) is 1. The van der Waals surface area contributed by atoms with E-state index in [0.717, 1.165) is 4.88 Å². The van der Waals surface area contributed by atoms with Gasteiger partial charge in [0.05, 0.1) is 10.6 Å². The second-order valence-electron chi connectivity index (χ2n) is 3.44. The number of benzene rings is 1. The van der Waals surface area contributed by atoms with E-state index in [1.807, 2.05) is 17.5 Å². The summed E-state index contributed by atoms with van der Waals surface area (Å²) >= 11 is 4.67. The maximum atomic E-state index is 13.7. The summed E-state index contributed by atoms with van der Waals surface area (Å²) in [5.41, 5.74) is 0.336. The fourth-order valence-electron chi connectivity index (χ4n) is 1.51. The Hall–Kier alpha value is -0.710. The average Bonchev–Trinajstić information content (AvgIpc) is 2.74. The molecule has 1 aromatic heterocycles. The smallest absolute Gasteiger partial charge is 0.143 e. The van der Waals surface area contributed by atoms with Gasteiger partial charge in [0.15, 0.2) is 0 Å². The summed E-state index contributed by atoms with van der Waals surface area (Å²) in [4.78, 5) is 1.05. The van der Waals surface area contributed by atoms with Crippen molar-refractivity contribution in [3.63, 3.8) is 0 Å². The average molecular weight is 301 g/mol. The van der Waals surface area contributed by atoms with Crippen molar-refractivity contribution < 1.29 is 9.50 Å². The Morgan fingerprint density at radius 1 is 1.31 bits per heavy atom. The molecule has 0 radical (unpaired) electrons. The van der Waals surface area contributed by atoms with E-state index in [9.17, 15) is 9.50 Å². The molecule has 1 aromatic carbocycles. The molecule has 1 nitrogen and oxygen atoms in total. The summed E-state index contributed by atoms with van der Waals surface area (Å²) in [7, 11) is 0. The molecule has 0 aliphatic heterocycles. The Labute approximate surface area is 106 Å². The molecule has 0 saturated heterocycles. The first-order valence-corrected chi connectivity index (χ1v) is 6.50. The molecule has 0 aliphatic rings. The summed E-state index contributed by atoms with van der Waals surface area (Å²) in [5.74, 6) is -0.383. The highest BCUT2D eigenvalue weighted by molar-refractivity contribution is 9.10. The molecule has 2 rings (SSSR count). The zero-order valence-corrected chi connectivity index (χ0v) is 10.8. The Kier molecular flexibility index (Phi) is 3.74. The molecule has 0 amide bonds. The maximum absolute atomic E-state index is 13.7. The minimum atomic E-state index is -0.795. The van der Waals surface area contributed by atoms with Crippen molar-refractivity contribution in [2.45, 2.75) is 12.5 Å². The van der Waals surface area contributed by atoms with Crippen molar-refractivity contribution in [2.75, 3.05) is 0 Å². The van der Waals surface area contributed by atoms with Crippen LogP contribution in [0.5, 0.6) is 0 Å². The third-order valence-electron chi connectivity index (χ3n) is 2.32. The Balaban J connectivity index is 2.21. The van der Waals surface area contributed by atoms with Crippen molar-refractivity contribution >= 4 is 27.3 Å². The highest BCUT2D eigenvalue weighted by atomic mass is 79.9. The first kappa shape index (κ1) is 11.8. The van der Waals surface area contributed by atoms with Crippen LogP contribution < -0.4 is 0 Å². The Bertz CT molecular complexity index is 470. The van der Waals surface area contributed by atoms with Gasteiger partial charge in [-0.2, -0.15) is 0 Å². The molecule has 0 spiro atoms. The summed E-state index contributed by atoms with van der Waals surface area (Å²) < 4.78 is 14.1. The van der Waals surface area contributed by atoms with E-state index in [0.29, 0.717) is 16.5 Å². The lowest BCUT2D eigenvalue weighted by molar-refractivity contribution is 0.174. The second kappa shape index (κ2) is 5.08. The highest BCUT2D eigenvalue weighted by Gasteiger charge is 2.15. The van der Waals surface area contributed by atoms with Crippen LogP contribution in [0.2, 0.25) is 0 Å². The van der Waals surface area contributed by atoms with Gasteiger partial charge in [-0.05, 0) is 33.4 Å².